The van der Waals surface area contributed by atoms with Gasteiger partial charge in [0.15, 0.2) is 0 Å². The normalized spacial score (nSPS) is 11.6. The van der Waals surface area contributed by atoms with Crippen molar-refractivity contribution in [2.45, 2.75) is 6.18 Å². The molecule has 0 saturated carbocycles. The number of anilines is 1. The summed E-state index contributed by atoms with van der Waals surface area (Å²) in [5, 5.41) is 3.59. The molecule has 2 rings (SSSR count). The molecule has 1 aromatic heterocycles. The van der Waals surface area contributed by atoms with Gasteiger partial charge in [-0.25, -0.2) is 0 Å². The number of hydrogen-bond acceptors (Lipinski definition) is 4. The number of halogens is 4. The summed E-state index contributed by atoms with van der Waals surface area (Å²) >= 11 is 3.04. The first-order valence-corrected chi connectivity index (χ1v) is 5.79. The monoisotopic (exact) mass is 336 g/mol. The number of nitrogens with two attached hydrogens (primary N) is 1. The van der Waals surface area contributed by atoms with Gasteiger partial charge in [-0.05, 0) is 28.1 Å². The fourth-order valence-corrected chi connectivity index (χ4v) is 2.19. The molecule has 0 aliphatic heterocycles. The van der Waals surface area contributed by atoms with Crippen molar-refractivity contribution in [2.75, 3.05) is 12.8 Å². The molecule has 19 heavy (non-hydrogen) atoms. The van der Waals surface area contributed by atoms with Crippen LogP contribution in [0.4, 0.5) is 19.1 Å². The van der Waals surface area contributed by atoms with Crippen LogP contribution in [-0.2, 0) is 6.18 Å². The minimum absolute atomic E-state index is 0.00517. The molecule has 0 atom stereocenters. The Balaban J connectivity index is 2.66. The van der Waals surface area contributed by atoms with E-state index >= 15 is 0 Å². The molecule has 0 bridgehead atoms. The first-order valence-electron chi connectivity index (χ1n) is 5.00. The highest BCUT2D eigenvalue weighted by atomic mass is 79.9. The molecule has 102 valence electrons. The average Bonchev–Trinajstić information content (AvgIpc) is 2.73. The Hall–Kier alpha value is -1.70. The largest absolute Gasteiger partial charge is 0.495 e. The highest BCUT2D eigenvalue weighted by Gasteiger charge is 2.32. The summed E-state index contributed by atoms with van der Waals surface area (Å²) in [4.78, 5) is 0. The average molecular weight is 337 g/mol. The molecule has 1 heterocycles. The number of nitrogen functional groups attached to an aromatic ring is 1. The van der Waals surface area contributed by atoms with E-state index in [0.717, 1.165) is 12.1 Å². The van der Waals surface area contributed by atoms with Crippen molar-refractivity contribution >= 4 is 21.8 Å². The van der Waals surface area contributed by atoms with E-state index in [1.165, 1.54) is 13.2 Å². The maximum atomic E-state index is 12.8. The van der Waals surface area contributed by atoms with Gasteiger partial charge in [0.25, 0.3) is 0 Å². The van der Waals surface area contributed by atoms with Crippen LogP contribution < -0.4 is 10.5 Å². The molecule has 0 unspecified atom stereocenters. The molecule has 0 saturated heterocycles. The van der Waals surface area contributed by atoms with Crippen LogP contribution in [0, 0.1) is 0 Å². The summed E-state index contributed by atoms with van der Waals surface area (Å²) in [5.41, 5.74) is 4.85. The van der Waals surface area contributed by atoms with Gasteiger partial charge in [-0.3, -0.25) is 0 Å². The smallest absolute Gasteiger partial charge is 0.416 e. The molecule has 4 nitrogen and oxygen atoms in total. The van der Waals surface area contributed by atoms with Gasteiger partial charge in [0, 0.05) is 11.6 Å². The van der Waals surface area contributed by atoms with Crippen LogP contribution in [0.25, 0.3) is 11.3 Å². The van der Waals surface area contributed by atoms with Gasteiger partial charge >= 0.3 is 6.18 Å². The van der Waals surface area contributed by atoms with E-state index in [9.17, 15) is 13.2 Å². The van der Waals surface area contributed by atoms with E-state index in [-0.39, 0.29) is 27.4 Å². The third-order valence-corrected chi connectivity index (χ3v) is 2.97. The van der Waals surface area contributed by atoms with Gasteiger partial charge in [-0.1, -0.05) is 5.16 Å². The zero-order chi connectivity index (χ0) is 14.2. The Morgan fingerprint density at radius 1 is 1.32 bits per heavy atom. The number of rotatable bonds is 2. The Kier molecular flexibility index (Phi) is 3.44. The van der Waals surface area contributed by atoms with E-state index in [4.69, 9.17) is 10.5 Å². The van der Waals surface area contributed by atoms with E-state index in [1.54, 1.807) is 0 Å². The number of alkyl halides is 3. The van der Waals surface area contributed by atoms with Crippen LogP contribution >= 0.6 is 15.9 Å². The Morgan fingerprint density at radius 2 is 2.00 bits per heavy atom. The SMILES string of the molecule is COc1c(Br)cc(C(F)(F)F)cc1-c1cc(N)on1. The number of nitrogens with zero attached hydrogens (tertiary/aromatic N) is 1. The predicted octanol–water partition coefficient (Wildman–Crippen LogP) is 3.71. The maximum Gasteiger partial charge on any atom is 0.416 e. The Labute approximate surface area is 114 Å². The molecule has 8 heteroatoms. The van der Waals surface area contributed by atoms with Crippen molar-refractivity contribution in [1.82, 2.24) is 5.16 Å². The standard InChI is InChI=1S/C11H8BrF3N2O2/c1-18-10-6(8-4-9(16)19-17-8)2-5(3-7(10)12)11(13,14)15/h2-4H,16H2,1H3. The summed E-state index contributed by atoms with van der Waals surface area (Å²) in [6.07, 6.45) is -4.47. The van der Waals surface area contributed by atoms with Gasteiger partial charge in [0.05, 0.1) is 17.1 Å². The van der Waals surface area contributed by atoms with Crippen LogP contribution in [0.5, 0.6) is 5.75 Å². The van der Waals surface area contributed by atoms with Crippen molar-refractivity contribution < 1.29 is 22.4 Å². The number of methoxy groups -OCH3 is 1. The number of ether oxygens (including phenoxy) is 1. The van der Waals surface area contributed by atoms with Crippen LogP contribution in [0.15, 0.2) is 27.2 Å². The minimum Gasteiger partial charge on any atom is -0.495 e. The van der Waals surface area contributed by atoms with Crippen molar-refractivity contribution in [3.63, 3.8) is 0 Å². The lowest BCUT2D eigenvalue weighted by molar-refractivity contribution is -0.137. The van der Waals surface area contributed by atoms with Gasteiger partial charge in [-0.15, -0.1) is 0 Å². The fourth-order valence-electron chi connectivity index (χ4n) is 1.57. The Morgan fingerprint density at radius 3 is 2.47 bits per heavy atom. The summed E-state index contributed by atoms with van der Waals surface area (Å²) < 4.78 is 48.2. The summed E-state index contributed by atoms with van der Waals surface area (Å²) in [5.74, 6) is 0.229. The maximum absolute atomic E-state index is 12.8. The molecule has 0 radical (unpaired) electrons. The van der Waals surface area contributed by atoms with E-state index < -0.39 is 11.7 Å². The van der Waals surface area contributed by atoms with E-state index in [0.29, 0.717) is 0 Å². The molecular formula is C11H8BrF3N2O2. The second kappa shape index (κ2) is 4.76. The Bertz CT molecular complexity index is 610. The molecule has 0 aliphatic rings. The van der Waals surface area contributed by atoms with Gasteiger partial charge < -0.3 is 15.0 Å². The van der Waals surface area contributed by atoms with Crippen LogP contribution in [0.1, 0.15) is 5.56 Å². The zero-order valence-corrected chi connectivity index (χ0v) is 11.2. The topological polar surface area (TPSA) is 61.3 Å². The second-order valence-corrected chi connectivity index (χ2v) is 4.51. The van der Waals surface area contributed by atoms with E-state index in [2.05, 4.69) is 25.6 Å². The number of benzene rings is 1. The summed E-state index contributed by atoms with van der Waals surface area (Å²) in [6.45, 7) is 0. The van der Waals surface area contributed by atoms with Crippen LogP contribution in [0.3, 0.4) is 0 Å². The van der Waals surface area contributed by atoms with E-state index in [1.807, 2.05) is 0 Å². The lowest BCUT2D eigenvalue weighted by atomic mass is 10.1. The molecule has 2 aromatic rings. The minimum atomic E-state index is -4.47. The fraction of sp³-hybridized carbons (Fsp3) is 0.182. The van der Waals surface area contributed by atoms with Gasteiger partial charge in [0.2, 0.25) is 5.88 Å². The highest BCUT2D eigenvalue weighted by molar-refractivity contribution is 9.10. The van der Waals surface area contributed by atoms with Crippen LogP contribution in [0.2, 0.25) is 0 Å². The van der Waals surface area contributed by atoms with Gasteiger partial charge in [0.1, 0.15) is 11.4 Å². The van der Waals surface area contributed by atoms with Crippen molar-refractivity contribution in [2.24, 2.45) is 0 Å². The van der Waals surface area contributed by atoms with Crippen molar-refractivity contribution in [3.8, 4) is 17.0 Å². The summed E-state index contributed by atoms with van der Waals surface area (Å²) in [7, 11) is 1.35. The van der Waals surface area contributed by atoms with Gasteiger partial charge in [-0.2, -0.15) is 13.2 Å². The predicted molar refractivity (Wildman–Crippen MR) is 65.6 cm³/mol. The number of aromatic nitrogens is 1. The van der Waals surface area contributed by atoms with Crippen LogP contribution in [-0.4, -0.2) is 12.3 Å². The van der Waals surface area contributed by atoms with Crippen molar-refractivity contribution in [1.29, 1.82) is 0 Å². The third kappa shape index (κ3) is 2.67. The highest BCUT2D eigenvalue weighted by Crippen LogP contribution is 2.41. The first-order chi connectivity index (χ1) is 8.82. The lowest BCUT2D eigenvalue weighted by Crippen LogP contribution is -2.06. The molecular weight excluding hydrogens is 329 g/mol. The quantitative estimate of drug-likeness (QED) is 0.907. The third-order valence-electron chi connectivity index (χ3n) is 2.38. The van der Waals surface area contributed by atoms with Crippen molar-refractivity contribution in [3.05, 3.63) is 28.2 Å². The molecule has 1 aromatic carbocycles. The lowest BCUT2D eigenvalue weighted by Gasteiger charge is -2.13. The molecule has 0 amide bonds. The molecule has 0 fully saturated rings. The summed E-state index contributed by atoms with van der Waals surface area (Å²) in [6, 6.07) is 3.19. The second-order valence-electron chi connectivity index (χ2n) is 3.65. The molecule has 2 N–H and O–H groups in total. The first kappa shape index (κ1) is 13.7. The molecule has 0 aliphatic carbocycles. The molecule has 0 spiro atoms. The zero-order valence-electron chi connectivity index (χ0n) is 9.58. The number of hydrogen-bond donors (Lipinski definition) is 1.